The Kier molecular flexibility index (Phi) is 5.86. The van der Waals surface area contributed by atoms with Crippen LogP contribution in [0.4, 0.5) is 13.2 Å². The van der Waals surface area contributed by atoms with Gasteiger partial charge in [-0.1, -0.05) is 68.3 Å². The van der Waals surface area contributed by atoms with Gasteiger partial charge in [-0.25, -0.2) is 0 Å². The molecule has 1 atom stereocenters. The Bertz CT molecular complexity index is 504. The summed E-state index contributed by atoms with van der Waals surface area (Å²) in [6.45, 7) is 14.0. The molecule has 0 saturated carbocycles. The molecule has 0 aliphatic heterocycles. The van der Waals surface area contributed by atoms with Crippen LogP contribution in [0.25, 0.3) is 0 Å². The first-order valence-electron chi connectivity index (χ1n) is 7.29. The molecule has 0 aliphatic rings. The molecule has 22 heavy (non-hydrogen) atoms. The van der Waals surface area contributed by atoms with E-state index in [1.807, 2.05) is 18.2 Å². The number of rotatable bonds is 6. The second kappa shape index (κ2) is 6.72. The van der Waals surface area contributed by atoms with E-state index in [0.29, 0.717) is 0 Å². The molecule has 124 valence electrons. The second-order valence-electron chi connectivity index (χ2n) is 7.12. The van der Waals surface area contributed by atoms with Crippen molar-refractivity contribution >= 4 is 15.2 Å². The number of alkyl halides is 3. The summed E-state index contributed by atoms with van der Waals surface area (Å²) >= 11 is 0. The molecule has 6 heteroatoms. The molecule has 1 aromatic carbocycles. The summed E-state index contributed by atoms with van der Waals surface area (Å²) in [7, 11) is -3.44. The summed E-state index contributed by atoms with van der Waals surface area (Å²) in [5.74, 6) is 0. The van der Waals surface area contributed by atoms with Crippen molar-refractivity contribution in [2.75, 3.05) is 6.61 Å². The van der Waals surface area contributed by atoms with Crippen molar-refractivity contribution in [1.29, 1.82) is 0 Å². The van der Waals surface area contributed by atoms with Crippen molar-refractivity contribution in [3.63, 3.8) is 0 Å². The second-order valence-corrected chi connectivity index (χ2v) is 23.8. The van der Waals surface area contributed by atoms with Gasteiger partial charge in [-0.2, -0.15) is 13.2 Å². The van der Waals surface area contributed by atoms with Crippen LogP contribution >= 0.6 is 0 Å². The third kappa shape index (κ3) is 4.82. The van der Waals surface area contributed by atoms with E-state index in [-0.39, 0.29) is 0 Å². The summed E-state index contributed by atoms with van der Waals surface area (Å²) in [4.78, 5) is 0. The largest absolute Gasteiger partial charge is 0.411 e. The first-order valence-corrected chi connectivity index (χ1v) is 14.8. The van der Waals surface area contributed by atoms with Crippen molar-refractivity contribution in [2.45, 2.75) is 45.0 Å². The summed E-state index contributed by atoms with van der Waals surface area (Å²) in [6, 6.07) is 9.08. The minimum absolute atomic E-state index is 0.684. The minimum atomic E-state index is -4.34. The molecule has 0 N–H and O–H groups in total. The maximum absolute atomic E-state index is 12.6. The summed E-state index contributed by atoms with van der Waals surface area (Å²) in [5.41, 5.74) is 0.746. The van der Waals surface area contributed by atoms with E-state index in [2.05, 4.69) is 39.3 Å². The van der Waals surface area contributed by atoms with Gasteiger partial charge in [0.05, 0.1) is 7.59 Å². The van der Waals surface area contributed by atoms with Crippen molar-refractivity contribution in [2.24, 2.45) is 0 Å². The average molecular weight is 347 g/mol. The van der Waals surface area contributed by atoms with Crippen molar-refractivity contribution in [1.82, 2.24) is 0 Å². The first kappa shape index (κ1) is 19.2. The van der Waals surface area contributed by atoms with Crippen LogP contribution in [-0.2, 0) is 4.74 Å². The molecule has 0 aliphatic carbocycles. The molecule has 1 aromatic rings. The van der Waals surface area contributed by atoms with E-state index >= 15 is 0 Å². The standard InChI is InChI=1S/C16H25F3OSi2/c1-13(22(5,6)21(2,3)4)15(20-12-16(17,18)19)14-10-8-7-9-11-14/h7-11,15H,1,12H2,2-6H3. The number of benzene rings is 1. The van der Waals surface area contributed by atoms with Crippen molar-refractivity contribution in [3.8, 4) is 0 Å². The van der Waals surface area contributed by atoms with Gasteiger partial charge in [0.15, 0.2) is 0 Å². The maximum atomic E-state index is 12.6. The van der Waals surface area contributed by atoms with E-state index in [1.165, 1.54) is 0 Å². The zero-order chi connectivity index (χ0) is 17.2. The molecule has 0 amide bonds. The van der Waals surface area contributed by atoms with Gasteiger partial charge >= 0.3 is 6.18 Å². The van der Waals surface area contributed by atoms with Crippen LogP contribution in [-0.4, -0.2) is 28.0 Å². The Morgan fingerprint density at radius 1 is 1.09 bits per heavy atom. The van der Waals surface area contributed by atoms with Crippen LogP contribution in [0, 0.1) is 0 Å². The number of hydrogen-bond acceptors (Lipinski definition) is 1. The fourth-order valence-corrected chi connectivity index (χ4v) is 7.17. The van der Waals surface area contributed by atoms with Crippen LogP contribution in [0.15, 0.2) is 42.1 Å². The lowest BCUT2D eigenvalue weighted by Crippen LogP contribution is -2.55. The lowest BCUT2D eigenvalue weighted by atomic mass is 10.1. The van der Waals surface area contributed by atoms with Gasteiger partial charge in [-0.15, -0.1) is 6.58 Å². The third-order valence-electron chi connectivity index (χ3n) is 4.51. The molecular formula is C16H25F3OSi2. The van der Waals surface area contributed by atoms with E-state index in [1.54, 1.807) is 12.1 Å². The van der Waals surface area contributed by atoms with E-state index in [4.69, 9.17) is 4.74 Å². The number of ether oxygens (including phenoxy) is 1. The monoisotopic (exact) mass is 346 g/mol. The smallest absolute Gasteiger partial charge is 0.360 e. The molecule has 0 radical (unpaired) electrons. The zero-order valence-corrected chi connectivity index (χ0v) is 15.9. The number of hydrogen-bond donors (Lipinski definition) is 0. The first-order chi connectivity index (χ1) is 9.86. The molecule has 0 heterocycles. The Hall–Kier alpha value is -0.856. The zero-order valence-electron chi connectivity index (χ0n) is 13.9. The lowest BCUT2D eigenvalue weighted by molar-refractivity contribution is -0.182. The topological polar surface area (TPSA) is 9.23 Å². The van der Waals surface area contributed by atoms with E-state index in [9.17, 15) is 13.2 Å². The highest BCUT2D eigenvalue weighted by atomic mass is 29.3. The van der Waals surface area contributed by atoms with Crippen molar-refractivity contribution < 1.29 is 17.9 Å². The molecule has 0 fully saturated rings. The normalized spacial score (nSPS) is 14.7. The van der Waals surface area contributed by atoms with Gasteiger partial charge in [0.2, 0.25) is 0 Å². The molecule has 0 spiro atoms. The highest BCUT2D eigenvalue weighted by molar-refractivity contribution is 7.43. The van der Waals surface area contributed by atoms with Crippen LogP contribution in [0.3, 0.4) is 0 Å². The average Bonchev–Trinajstić information content (AvgIpc) is 2.37. The van der Waals surface area contributed by atoms with Crippen LogP contribution in [0.2, 0.25) is 32.7 Å². The lowest BCUT2D eigenvalue weighted by Gasteiger charge is -2.40. The van der Waals surface area contributed by atoms with Gasteiger partial charge in [0.25, 0.3) is 0 Å². The third-order valence-corrected chi connectivity index (χ3v) is 22.3. The molecule has 1 nitrogen and oxygen atoms in total. The van der Waals surface area contributed by atoms with E-state index in [0.717, 1.165) is 10.8 Å². The molecule has 0 aromatic heterocycles. The van der Waals surface area contributed by atoms with Crippen LogP contribution in [0.5, 0.6) is 0 Å². The predicted octanol–water partition coefficient (Wildman–Crippen LogP) is 5.53. The molecule has 0 bridgehead atoms. The summed E-state index contributed by atoms with van der Waals surface area (Å²) < 4.78 is 43.0. The Balaban J connectivity index is 3.13. The van der Waals surface area contributed by atoms with Crippen LogP contribution < -0.4 is 0 Å². The van der Waals surface area contributed by atoms with E-state index < -0.39 is 34.1 Å². The summed E-state index contributed by atoms with van der Waals surface area (Å²) in [5, 5.41) is 0.849. The van der Waals surface area contributed by atoms with Crippen molar-refractivity contribution in [3.05, 3.63) is 47.7 Å². The fourth-order valence-electron chi connectivity index (χ4n) is 2.01. The van der Waals surface area contributed by atoms with Gasteiger partial charge in [0.1, 0.15) is 12.7 Å². The fraction of sp³-hybridized carbons (Fsp3) is 0.500. The predicted molar refractivity (Wildman–Crippen MR) is 91.2 cm³/mol. The maximum Gasteiger partial charge on any atom is 0.411 e. The van der Waals surface area contributed by atoms with Gasteiger partial charge in [0, 0.05) is 7.59 Å². The molecular weight excluding hydrogens is 321 g/mol. The van der Waals surface area contributed by atoms with Gasteiger partial charge in [-0.3, -0.25) is 0 Å². The van der Waals surface area contributed by atoms with Gasteiger partial charge < -0.3 is 4.74 Å². The molecule has 0 saturated heterocycles. The quantitative estimate of drug-likeness (QED) is 0.616. The molecule has 1 rings (SSSR count). The molecule has 1 unspecified atom stereocenters. The highest BCUT2D eigenvalue weighted by Crippen LogP contribution is 2.36. The Morgan fingerprint density at radius 2 is 1.59 bits per heavy atom. The Morgan fingerprint density at radius 3 is 2.00 bits per heavy atom. The minimum Gasteiger partial charge on any atom is -0.360 e. The number of halogens is 3. The summed E-state index contributed by atoms with van der Waals surface area (Å²) in [6.07, 6.45) is -5.02. The Labute approximate surface area is 133 Å². The SMILES string of the molecule is C=C(C(OCC(F)(F)F)c1ccccc1)[Si](C)(C)[Si](C)(C)C. The highest BCUT2D eigenvalue weighted by Gasteiger charge is 2.43. The van der Waals surface area contributed by atoms with Gasteiger partial charge in [-0.05, 0) is 5.56 Å². The van der Waals surface area contributed by atoms with Crippen LogP contribution in [0.1, 0.15) is 11.7 Å².